The Bertz CT molecular complexity index is 905. The van der Waals surface area contributed by atoms with Crippen LogP contribution in [0.1, 0.15) is 11.1 Å². The minimum atomic E-state index is -0.195. The van der Waals surface area contributed by atoms with Gasteiger partial charge in [0, 0.05) is 24.2 Å². The quantitative estimate of drug-likeness (QED) is 0.567. The van der Waals surface area contributed by atoms with E-state index >= 15 is 0 Å². The SMILES string of the molecule is CN1CC(=Cc2cc(Cl)c(O)c(Cl)c2)C(=O)C(=Cc2cc(Cl)c(O)c(Cl)c2)C1. The molecule has 0 radical (unpaired) electrons. The minimum absolute atomic E-state index is 0.111. The molecule has 0 unspecified atom stereocenters. The van der Waals surface area contributed by atoms with Crippen molar-refractivity contribution in [2.45, 2.75) is 0 Å². The Morgan fingerprint density at radius 1 is 0.786 bits per heavy atom. The number of carbonyl (C=O) groups excluding carboxylic acids is 1. The van der Waals surface area contributed by atoms with Crippen molar-refractivity contribution >= 4 is 64.3 Å². The summed E-state index contributed by atoms with van der Waals surface area (Å²) < 4.78 is 0. The number of nitrogens with zero attached hydrogens (tertiary/aromatic N) is 1. The molecule has 0 atom stereocenters. The summed E-state index contributed by atoms with van der Waals surface area (Å²) in [6, 6.07) is 6.17. The molecule has 2 aromatic rings. The van der Waals surface area contributed by atoms with Gasteiger partial charge in [0.25, 0.3) is 0 Å². The summed E-state index contributed by atoms with van der Waals surface area (Å²) in [6.07, 6.45) is 3.39. The van der Waals surface area contributed by atoms with Crippen LogP contribution in [0.3, 0.4) is 0 Å². The molecule has 0 spiro atoms. The second-order valence-corrected chi connectivity index (χ2v) is 8.14. The Morgan fingerprint density at radius 3 is 1.43 bits per heavy atom. The maximum absolute atomic E-state index is 13.0. The van der Waals surface area contributed by atoms with E-state index in [0.29, 0.717) is 35.4 Å². The number of Topliss-reactive ketones (excluding diaryl/α,β-unsaturated/α-hetero) is 1. The summed E-state index contributed by atoms with van der Waals surface area (Å²) in [5.74, 6) is -0.516. The number of hydrogen-bond donors (Lipinski definition) is 2. The van der Waals surface area contributed by atoms with E-state index in [4.69, 9.17) is 46.4 Å². The van der Waals surface area contributed by atoms with Crippen LogP contribution in [0.15, 0.2) is 35.4 Å². The first-order chi connectivity index (χ1) is 13.2. The van der Waals surface area contributed by atoms with E-state index in [-0.39, 0.29) is 37.4 Å². The second kappa shape index (κ2) is 8.36. The van der Waals surface area contributed by atoms with E-state index in [1.54, 1.807) is 36.4 Å². The lowest BCUT2D eigenvalue weighted by molar-refractivity contribution is -0.113. The highest BCUT2D eigenvalue weighted by atomic mass is 35.5. The Kier molecular flexibility index (Phi) is 6.28. The number of halogens is 4. The molecule has 4 nitrogen and oxygen atoms in total. The lowest BCUT2D eigenvalue weighted by atomic mass is 9.94. The Balaban J connectivity index is 1.99. The predicted molar refractivity (Wildman–Crippen MR) is 115 cm³/mol. The molecule has 146 valence electrons. The fraction of sp³-hybridized carbons (Fsp3) is 0.150. The van der Waals surface area contributed by atoms with Crippen LogP contribution in [0.5, 0.6) is 11.5 Å². The van der Waals surface area contributed by atoms with Gasteiger partial charge in [-0.05, 0) is 54.6 Å². The largest absolute Gasteiger partial charge is 0.505 e. The van der Waals surface area contributed by atoms with E-state index in [9.17, 15) is 15.0 Å². The number of ketones is 1. The number of piperidine rings is 1. The van der Waals surface area contributed by atoms with Crippen LogP contribution in [0.4, 0.5) is 0 Å². The third kappa shape index (κ3) is 4.48. The summed E-state index contributed by atoms with van der Waals surface area (Å²) in [5, 5.41) is 19.8. The van der Waals surface area contributed by atoms with Crippen LogP contribution in [0.25, 0.3) is 12.2 Å². The van der Waals surface area contributed by atoms with Gasteiger partial charge in [-0.2, -0.15) is 0 Å². The Labute approximate surface area is 182 Å². The van der Waals surface area contributed by atoms with Gasteiger partial charge in [0.15, 0.2) is 17.3 Å². The highest BCUT2D eigenvalue weighted by molar-refractivity contribution is 6.38. The van der Waals surface area contributed by atoms with Crippen LogP contribution in [0.2, 0.25) is 20.1 Å². The summed E-state index contributed by atoms with van der Waals surface area (Å²) in [7, 11) is 1.89. The maximum Gasteiger partial charge on any atom is 0.187 e. The van der Waals surface area contributed by atoms with Gasteiger partial charge in [0.2, 0.25) is 0 Å². The maximum atomic E-state index is 13.0. The molecule has 0 bridgehead atoms. The number of aromatic hydroxyl groups is 2. The molecule has 0 aromatic heterocycles. The second-order valence-electron chi connectivity index (χ2n) is 6.51. The lowest BCUT2D eigenvalue weighted by Crippen LogP contribution is -2.34. The zero-order chi connectivity index (χ0) is 20.6. The lowest BCUT2D eigenvalue weighted by Gasteiger charge is -2.26. The summed E-state index contributed by atoms with van der Waals surface area (Å²) in [6.45, 7) is 0.896. The molecule has 0 amide bonds. The Hall–Kier alpha value is -1.69. The summed E-state index contributed by atoms with van der Waals surface area (Å²) in [4.78, 5) is 14.9. The molecule has 2 N–H and O–H groups in total. The normalized spacial score (nSPS) is 18.2. The van der Waals surface area contributed by atoms with E-state index in [1.807, 2.05) is 11.9 Å². The standard InChI is InChI=1S/C20H15Cl4NO3/c1-25-8-12(2-10-4-14(21)19(27)15(22)5-10)18(26)13(9-25)3-11-6-16(23)20(28)17(24)7-11/h2-7,27-28H,8-9H2,1H3. The predicted octanol–water partition coefficient (Wildman–Crippen LogP) is 5.69. The third-order valence-electron chi connectivity index (χ3n) is 4.22. The van der Waals surface area contributed by atoms with Gasteiger partial charge in [-0.25, -0.2) is 0 Å². The van der Waals surface area contributed by atoms with Gasteiger partial charge in [-0.15, -0.1) is 0 Å². The minimum Gasteiger partial charge on any atom is -0.505 e. The number of hydrogen-bond acceptors (Lipinski definition) is 4. The van der Waals surface area contributed by atoms with Crippen molar-refractivity contribution in [3.63, 3.8) is 0 Å². The first-order valence-electron chi connectivity index (χ1n) is 8.16. The zero-order valence-electron chi connectivity index (χ0n) is 14.6. The zero-order valence-corrected chi connectivity index (χ0v) is 17.7. The number of benzene rings is 2. The smallest absolute Gasteiger partial charge is 0.187 e. The summed E-state index contributed by atoms with van der Waals surface area (Å²) in [5.41, 5.74) is 2.32. The highest BCUT2D eigenvalue weighted by Gasteiger charge is 2.24. The molecule has 1 saturated heterocycles. The van der Waals surface area contributed by atoms with E-state index in [1.165, 1.54) is 0 Å². The first-order valence-corrected chi connectivity index (χ1v) is 9.67. The van der Waals surface area contributed by atoms with Crippen molar-refractivity contribution in [2.24, 2.45) is 0 Å². The van der Waals surface area contributed by atoms with Gasteiger partial charge < -0.3 is 10.2 Å². The molecule has 1 aliphatic heterocycles. The Morgan fingerprint density at radius 2 is 1.11 bits per heavy atom. The van der Waals surface area contributed by atoms with Crippen molar-refractivity contribution in [1.82, 2.24) is 4.90 Å². The average Bonchev–Trinajstić information content (AvgIpc) is 2.61. The van der Waals surface area contributed by atoms with Crippen molar-refractivity contribution in [1.29, 1.82) is 0 Å². The van der Waals surface area contributed by atoms with E-state index in [2.05, 4.69) is 0 Å². The van der Waals surface area contributed by atoms with E-state index in [0.717, 1.165) is 0 Å². The number of carbonyl (C=O) groups is 1. The van der Waals surface area contributed by atoms with Crippen LogP contribution >= 0.6 is 46.4 Å². The molecule has 1 fully saturated rings. The molecular weight excluding hydrogens is 444 g/mol. The molecule has 0 saturated carbocycles. The highest BCUT2D eigenvalue weighted by Crippen LogP contribution is 2.35. The first kappa shape index (κ1) is 21.0. The molecule has 0 aliphatic carbocycles. The van der Waals surface area contributed by atoms with Crippen LogP contribution in [-0.4, -0.2) is 41.0 Å². The number of phenolic OH excluding ortho intramolecular Hbond substituents is 2. The van der Waals surface area contributed by atoms with Crippen LogP contribution in [-0.2, 0) is 4.79 Å². The van der Waals surface area contributed by atoms with Crippen molar-refractivity contribution in [2.75, 3.05) is 20.1 Å². The van der Waals surface area contributed by atoms with Gasteiger partial charge >= 0.3 is 0 Å². The monoisotopic (exact) mass is 457 g/mol. The average molecular weight is 459 g/mol. The van der Waals surface area contributed by atoms with Crippen LogP contribution < -0.4 is 0 Å². The molecule has 1 aliphatic rings. The number of likely N-dealkylation sites (N-methyl/N-ethyl adjacent to an activating group) is 1. The molecular formula is C20H15Cl4NO3. The molecule has 1 heterocycles. The number of phenols is 2. The molecule has 28 heavy (non-hydrogen) atoms. The number of rotatable bonds is 2. The molecule has 8 heteroatoms. The third-order valence-corrected chi connectivity index (χ3v) is 5.38. The van der Waals surface area contributed by atoms with Crippen molar-refractivity contribution in [3.8, 4) is 11.5 Å². The van der Waals surface area contributed by atoms with Gasteiger partial charge in [0.05, 0.1) is 20.1 Å². The van der Waals surface area contributed by atoms with Gasteiger partial charge in [-0.1, -0.05) is 46.4 Å². The van der Waals surface area contributed by atoms with Gasteiger partial charge in [-0.3, -0.25) is 9.69 Å². The molecule has 3 rings (SSSR count). The van der Waals surface area contributed by atoms with Gasteiger partial charge in [0.1, 0.15) is 0 Å². The number of likely N-dealkylation sites (tertiary alicyclic amines) is 1. The van der Waals surface area contributed by atoms with E-state index < -0.39 is 0 Å². The topological polar surface area (TPSA) is 60.8 Å². The van der Waals surface area contributed by atoms with Crippen molar-refractivity contribution in [3.05, 3.63) is 66.6 Å². The molecule has 2 aromatic carbocycles. The van der Waals surface area contributed by atoms with Crippen LogP contribution in [0, 0.1) is 0 Å². The van der Waals surface area contributed by atoms with Crippen molar-refractivity contribution < 1.29 is 15.0 Å². The summed E-state index contributed by atoms with van der Waals surface area (Å²) >= 11 is 23.9. The fourth-order valence-corrected chi connectivity index (χ4v) is 3.96. The fourth-order valence-electron chi connectivity index (χ4n) is 2.95.